The van der Waals surface area contributed by atoms with Gasteiger partial charge < -0.3 is 0 Å². The standard InChI is InChI=1S/C15H10FNOS/c1-10(18)14-6-5-11(9-17)7-15(14)19-13-4-2-3-12(16)8-13/h2-8H,1H3. The van der Waals surface area contributed by atoms with Gasteiger partial charge in [0.15, 0.2) is 5.78 Å². The van der Waals surface area contributed by atoms with Crippen LogP contribution in [0.25, 0.3) is 0 Å². The third kappa shape index (κ3) is 3.21. The molecule has 0 spiro atoms. The number of Topliss-reactive ketones (excluding diaryl/α,β-unsaturated/α-hetero) is 1. The normalized spacial score (nSPS) is 9.95. The molecule has 19 heavy (non-hydrogen) atoms. The van der Waals surface area contributed by atoms with Crippen molar-refractivity contribution in [1.29, 1.82) is 5.26 Å². The quantitative estimate of drug-likeness (QED) is 0.791. The Bertz CT molecular complexity index is 676. The zero-order valence-electron chi connectivity index (χ0n) is 10.2. The maximum Gasteiger partial charge on any atom is 0.160 e. The summed E-state index contributed by atoms with van der Waals surface area (Å²) in [5, 5.41) is 8.90. The topological polar surface area (TPSA) is 40.9 Å². The van der Waals surface area contributed by atoms with Crippen LogP contribution in [0.1, 0.15) is 22.8 Å². The summed E-state index contributed by atoms with van der Waals surface area (Å²) in [6.45, 7) is 1.47. The molecular formula is C15H10FNOS. The summed E-state index contributed by atoms with van der Waals surface area (Å²) in [5.41, 5.74) is 1.01. The molecule has 0 amide bonds. The molecule has 0 radical (unpaired) electrons. The summed E-state index contributed by atoms with van der Waals surface area (Å²) in [7, 11) is 0. The van der Waals surface area contributed by atoms with Gasteiger partial charge in [-0.15, -0.1) is 0 Å². The van der Waals surface area contributed by atoms with E-state index in [2.05, 4.69) is 0 Å². The Labute approximate surface area is 114 Å². The zero-order chi connectivity index (χ0) is 13.8. The summed E-state index contributed by atoms with van der Waals surface area (Å²) >= 11 is 1.27. The minimum atomic E-state index is -0.328. The molecule has 94 valence electrons. The van der Waals surface area contributed by atoms with Gasteiger partial charge in [0.25, 0.3) is 0 Å². The zero-order valence-corrected chi connectivity index (χ0v) is 11.0. The number of hydrogen-bond acceptors (Lipinski definition) is 3. The second kappa shape index (κ2) is 5.68. The Kier molecular flexibility index (Phi) is 3.98. The highest BCUT2D eigenvalue weighted by molar-refractivity contribution is 7.99. The minimum Gasteiger partial charge on any atom is -0.294 e. The van der Waals surface area contributed by atoms with Crippen molar-refractivity contribution < 1.29 is 9.18 Å². The molecule has 0 fully saturated rings. The minimum absolute atomic E-state index is 0.0802. The van der Waals surface area contributed by atoms with E-state index >= 15 is 0 Å². The lowest BCUT2D eigenvalue weighted by Crippen LogP contribution is -1.95. The molecule has 0 bridgehead atoms. The lowest BCUT2D eigenvalue weighted by Gasteiger charge is -2.07. The molecule has 2 aromatic rings. The van der Waals surface area contributed by atoms with Crippen LogP contribution in [0.15, 0.2) is 52.3 Å². The Morgan fingerprint density at radius 3 is 2.68 bits per heavy atom. The average molecular weight is 271 g/mol. The Morgan fingerprint density at radius 2 is 2.05 bits per heavy atom. The molecule has 0 unspecified atom stereocenters. The first-order chi connectivity index (χ1) is 9.10. The largest absolute Gasteiger partial charge is 0.294 e. The van der Waals surface area contributed by atoms with Gasteiger partial charge in [0.2, 0.25) is 0 Å². The lowest BCUT2D eigenvalue weighted by atomic mass is 10.1. The molecule has 0 aliphatic rings. The third-order valence-corrected chi connectivity index (χ3v) is 3.56. The number of rotatable bonds is 3. The summed E-state index contributed by atoms with van der Waals surface area (Å²) in [6.07, 6.45) is 0. The second-order valence-corrected chi connectivity index (χ2v) is 5.05. The molecule has 4 heteroatoms. The van der Waals surface area contributed by atoms with Crippen molar-refractivity contribution in [3.8, 4) is 6.07 Å². The van der Waals surface area contributed by atoms with E-state index in [1.807, 2.05) is 6.07 Å². The number of benzene rings is 2. The van der Waals surface area contributed by atoms with Gasteiger partial charge in [-0.3, -0.25) is 4.79 Å². The van der Waals surface area contributed by atoms with E-state index in [4.69, 9.17) is 5.26 Å². The molecule has 0 heterocycles. The first-order valence-electron chi connectivity index (χ1n) is 5.58. The van der Waals surface area contributed by atoms with Crippen LogP contribution in [0.4, 0.5) is 4.39 Å². The predicted molar refractivity (Wildman–Crippen MR) is 71.7 cm³/mol. The fourth-order valence-corrected chi connectivity index (χ4v) is 2.70. The van der Waals surface area contributed by atoms with Gasteiger partial charge in [-0.25, -0.2) is 4.39 Å². The molecular weight excluding hydrogens is 261 g/mol. The lowest BCUT2D eigenvalue weighted by molar-refractivity contribution is 0.101. The van der Waals surface area contributed by atoms with E-state index in [-0.39, 0.29) is 11.6 Å². The van der Waals surface area contributed by atoms with E-state index in [1.54, 1.807) is 30.3 Å². The molecule has 0 saturated heterocycles. The number of halogens is 1. The van der Waals surface area contributed by atoms with Crippen LogP contribution < -0.4 is 0 Å². The van der Waals surface area contributed by atoms with Gasteiger partial charge in [0, 0.05) is 15.4 Å². The average Bonchev–Trinajstić information content (AvgIpc) is 2.38. The number of hydrogen-bond donors (Lipinski definition) is 0. The predicted octanol–water partition coefficient (Wildman–Crippen LogP) is 4.05. The van der Waals surface area contributed by atoms with Crippen molar-refractivity contribution in [1.82, 2.24) is 0 Å². The molecule has 0 atom stereocenters. The summed E-state index contributed by atoms with van der Waals surface area (Å²) in [4.78, 5) is 12.9. The van der Waals surface area contributed by atoms with Crippen molar-refractivity contribution in [2.24, 2.45) is 0 Å². The number of carbonyl (C=O) groups is 1. The molecule has 0 saturated carbocycles. The van der Waals surface area contributed by atoms with Crippen LogP contribution in [-0.2, 0) is 0 Å². The highest BCUT2D eigenvalue weighted by Crippen LogP contribution is 2.31. The van der Waals surface area contributed by atoms with Gasteiger partial charge in [0.1, 0.15) is 5.82 Å². The molecule has 2 aromatic carbocycles. The van der Waals surface area contributed by atoms with Crippen molar-refractivity contribution in [2.75, 3.05) is 0 Å². The number of ketones is 1. The van der Waals surface area contributed by atoms with E-state index in [0.717, 1.165) is 0 Å². The van der Waals surface area contributed by atoms with Crippen molar-refractivity contribution in [2.45, 2.75) is 16.7 Å². The highest BCUT2D eigenvalue weighted by Gasteiger charge is 2.10. The van der Waals surface area contributed by atoms with Crippen LogP contribution in [0.2, 0.25) is 0 Å². The van der Waals surface area contributed by atoms with Crippen molar-refractivity contribution in [3.05, 3.63) is 59.4 Å². The number of nitriles is 1. The van der Waals surface area contributed by atoms with Crippen LogP contribution in [0, 0.1) is 17.1 Å². The van der Waals surface area contributed by atoms with Crippen LogP contribution in [0.3, 0.4) is 0 Å². The summed E-state index contributed by atoms with van der Waals surface area (Å²) in [5.74, 6) is -0.408. The van der Waals surface area contributed by atoms with Crippen molar-refractivity contribution >= 4 is 17.5 Å². The van der Waals surface area contributed by atoms with Crippen LogP contribution >= 0.6 is 11.8 Å². The molecule has 0 aliphatic heterocycles. The van der Waals surface area contributed by atoms with E-state index < -0.39 is 0 Å². The van der Waals surface area contributed by atoms with Gasteiger partial charge >= 0.3 is 0 Å². The van der Waals surface area contributed by atoms with Gasteiger partial charge in [-0.05, 0) is 43.3 Å². The van der Waals surface area contributed by atoms with Crippen LogP contribution in [0.5, 0.6) is 0 Å². The number of nitrogens with zero attached hydrogens (tertiary/aromatic N) is 1. The van der Waals surface area contributed by atoms with Gasteiger partial charge in [0.05, 0.1) is 11.6 Å². The maximum absolute atomic E-state index is 13.1. The molecule has 0 aromatic heterocycles. The molecule has 0 aliphatic carbocycles. The fraction of sp³-hybridized carbons (Fsp3) is 0.0667. The van der Waals surface area contributed by atoms with Crippen molar-refractivity contribution in [3.63, 3.8) is 0 Å². The van der Waals surface area contributed by atoms with E-state index in [9.17, 15) is 9.18 Å². The third-order valence-electron chi connectivity index (χ3n) is 2.51. The maximum atomic E-state index is 13.1. The Balaban J connectivity index is 2.43. The summed E-state index contributed by atoms with van der Waals surface area (Å²) in [6, 6.07) is 13.0. The molecule has 2 nitrogen and oxygen atoms in total. The Hall–Kier alpha value is -2.12. The van der Waals surface area contributed by atoms with E-state index in [0.29, 0.717) is 20.9 Å². The summed E-state index contributed by atoms with van der Waals surface area (Å²) < 4.78 is 13.1. The first-order valence-corrected chi connectivity index (χ1v) is 6.40. The van der Waals surface area contributed by atoms with Gasteiger partial charge in [-0.1, -0.05) is 17.8 Å². The second-order valence-electron chi connectivity index (χ2n) is 3.94. The molecule has 0 N–H and O–H groups in total. The van der Waals surface area contributed by atoms with E-state index in [1.165, 1.54) is 30.8 Å². The smallest absolute Gasteiger partial charge is 0.160 e. The van der Waals surface area contributed by atoms with Crippen LogP contribution in [-0.4, -0.2) is 5.78 Å². The molecule has 2 rings (SSSR count). The SMILES string of the molecule is CC(=O)c1ccc(C#N)cc1Sc1cccc(F)c1. The number of carbonyl (C=O) groups excluding carboxylic acids is 1. The Morgan fingerprint density at radius 1 is 1.26 bits per heavy atom. The highest BCUT2D eigenvalue weighted by atomic mass is 32.2. The van der Waals surface area contributed by atoms with Gasteiger partial charge in [-0.2, -0.15) is 5.26 Å². The monoisotopic (exact) mass is 271 g/mol. The fourth-order valence-electron chi connectivity index (χ4n) is 1.62. The first kappa shape index (κ1) is 13.3.